The van der Waals surface area contributed by atoms with Gasteiger partial charge in [0.05, 0.1) is 6.54 Å². The minimum absolute atomic E-state index is 0.281. The molecule has 11 heteroatoms. The van der Waals surface area contributed by atoms with Crippen LogP contribution in [0.4, 0.5) is 5.69 Å². The van der Waals surface area contributed by atoms with Crippen molar-refractivity contribution in [1.82, 2.24) is 10.6 Å². The lowest BCUT2D eigenvalue weighted by Gasteiger charge is -2.32. The number of hydrogen-bond donors (Lipinski definition) is 5. The lowest BCUT2D eigenvalue weighted by molar-refractivity contribution is -0.130. The van der Waals surface area contributed by atoms with Gasteiger partial charge in [-0.3, -0.25) is 23.8 Å². The first-order valence-electron chi connectivity index (χ1n) is 8.22. The van der Waals surface area contributed by atoms with Crippen molar-refractivity contribution < 1.29 is 28.7 Å². The molecule has 0 aliphatic rings. The Morgan fingerprint density at radius 1 is 1.07 bits per heavy atom. The molecule has 0 spiro atoms. The Bertz CT molecular complexity index is 723. The van der Waals surface area contributed by atoms with Crippen LogP contribution in [0.15, 0.2) is 30.3 Å². The molecule has 0 fully saturated rings. The summed E-state index contributed by atoms with van der Waals surface area (Å²) in [6, 6.07) is 5.97. The Balaban J connectivity index is 3.00. The van der Waals surface area contributed by atoms with E-state index < -0.39 is 43.2 Å². The van der Waals surface area contributed by atoms with Gasteiger partial charge in [0.1, 0.15) is 17.9 Å². The molecule has 0 radical (unpaired) electrons. The molecule has 3 amide bonds. The summed E-state index contributed by atoms with van der Waals surface area (Å²) in [4.78, 5) is 56.2. The van der Waals surface area contributed by atoms with Crippen molar-refractivity contribution in [2.45, 2.75) is 38.6 Å². The molecule has 0 unspecified atom stereocenters. The zero-order valence-electron chi connectivity index (χ0n) is 15.3. The zero-order valence-corrected chi connectivity index (χ0v) is 16.2. The quantitative estimate of drug-likeness (QED) is 0.368. The molecule has 0 aliphatic carbocycles. The van der Waals surface area contributed by atoms with E-state index >= 15 is 0 Å². The molecule has 10 nitrogen and oxygen atoms in total. The second kappa shape index (κ2) is 9.61. The number of nitrogens with zero attached hydrogens (tertiary/aromatic N) is 1. The number of carbonyl (C=O) groups is 3. The van der Waals surface area contributed by atoms with E-state index in [2.05, 4.69) is 10.6 Å². The van der Waals surface area contributed by atoms with E-state index in [1.165, 1.54) is 32.9 Å². The third-order valence-electron chi connectivity index (χ3n) is 3.82. The molecule has 3 atom stereocenters. The highest BCUT2D eigenvalue weighted by atomic mass is 31.2. The topological polar surface area (TPSA) is 162 Å². The summed E-state index contributed by atoms with van der Waals surface area (Å²) < 4.78 is 11.7. The molecule has 27 heavy (non-hydrogen) atoms. The fourth-order valence-electron chi connectivity index (χ4n) is 2.24. The van der Waals surface area contributed by atoms with Gasteiger partial charge in [0.2, 0.25) is 17.7 Å². The van der Waals surface area contributed by atoms with Gasteiger partial charge in [-0.1, -0.05) is 18.2 Å². The molecule has 1 rings (SSSR count). The summed E-state index contributed by atoms with van der Waals surface area (Å²) in [6.45, 7) is 3.76. The molecule has 0 saturated carbocycles. The van der Waals surface area contributed by atoms with Crippen LogP contribution >= 0.6 is 7.60 Å². The van der Waals surface area contributed by atoms with Gasteiger partial charge < -0.3 is 26.2 Å². The van der Waals surface area contributed by atoms with Crippen LogP contribution in [0.25, 0.3) is 0 Å². The van der Waals surface area contributed by atoms with Crippen LogP contribution in [-0.4, -0.2) is 51.9 Å². The number of nitrogens with one attached hydrogen (secondary N) is 2. The average Bonchev–Trinajstić information content (AvgIpc) is 2.61. The zero-order chi connectivity index (χ0) is 20.8. The van der Waals surface area contributed by atoms with Crippen molar-refractivity contribution in [3.05, 3.63) is 30.3 Å². The summed E-state index contributed by atoms with van der Waals surface area (Å²) in [5.74, 6) is -3.30. The number of hydrogen-bond acceptors (Lipinski definition) is 5. The first-order chi connectivity index (χ1) is 12.5. The summed E-state index contributed by atoms with van der Waals surface area (Å²) >= 11 is 0. The van der Waals surface area contributed by atoms with Crippen molar-refractivity contribution in [3.8, 4) is 0 Å². The second-order valence-electron chi connectivity index (χ2n) is 5.99. The SMILES string of the molecule is C[C@H](NC(=O)CN)C(=O)N[C@@H](C)C(=O)N(c1ccccc1)[C@@H](C)P(=O)(O)O. The van der Waals surface area contributed by atoms with E-state index in [0.29, 0.717) is 0 Å². The minimum Gasteiger partial charge on any atom is -0.343 e. The number of anilines is 1. The van der Waals surface area contributed by atoms with Gasteiger partial charge in [-0.05, 0) is 32.9 Å². The van der Waals surface area contributed by atoms with Crippen LogP contribution in [-0.2, 0) is 18.9 Å². The monoisotopic (exact) mass is 400 g/mol. The van der Waals surface area contributed by atoms with Crippen molar-refractivity contribution in [2.75, 3.05) is 11.4 Å². The maximum Gasteiger partial charge on any atom is 0.347 e. The summed E-state index contributed by atoms with van der Waals surface area (Å²) in [5.41, 5.74) is 5.45. The van der Waals surface area contributed by atoms with E-state index in [0.717, 1.165) is 4.90 Å². The maximum absolute atomic E-state index is 12.8. The van der Waals surface area contributed by atoms with Gasteiger partial charge in [0.15, 0.2) is 0 Å². The largest absolute Gasteiger partial charge is 0.347 e. The highest BCUT2D eigenvalue weighted by Crippen LogP contribution is 2.44. The Labute approximate surface area is 157 Å². The predicted octanol–water partition coefficient (Wildman–Crippen LogP) is -0.489. The first-order valence-corrected chi connectivity index (χ1v) is 9.90. The molecule has 0 bridgehead atoms. The van der Waals surface area contributed by atoms with Gasteiger partial charge >= 0.3 is 7.60 Å². The summed E-state index contributed by atoms with van der Waals surface area (Å²) in [6.07, 6.45) is 0. The van der Waals surface area contributed by atoms with E-state index in [9.17, 15) is 28.7 Å². The first kappa shape index (κ1) is 22.8. The summed E-state index contributed by atoms with van der Waals surface area (Å²) in [7, 11) is -4.63. The Morgan fingerprint density at radius 2 is 1.63 bits per heavy atom. The molecular weight excluding hydrogens is 375 g/mol. The van der Waals surface area contributed by atoms with Crippen molar-refractivity contribution in [2.24, 2.45) is 5.73 Å². The van der Waals surface area contributed by atoms with Crippen LogP contribution in [0.1, 0.15) is 20.8 Å². The Kier molecular flexibility index (Phi) is 8.11. The van der Waals surface area contributed by atoms with Crippen LogP contribution in [0.2, 0.25) is 0 Å². The fraction of sp³-hybridized carbons (Fsp3) is 0.438. The van der Waals surface area contributed by atoms with E-state index in [4.69, 9.17) is 5.73 Å². The fourth-order valence-corrected chi connectivity index (χ4v) is 2.79. The third-order valence-corrected chi connectivity index (χ3v) is 5.02. The van der Waals surface area contributed by atoms with Crippen LogP contribution < -0.4 is 21.3 Å². The van der Waals surface area contributed by atoms with Crippen LogP contribution in [0.3, 0.4) is 0 Å². The van der Waals surface area contributed by atoms with Crippen molar-refractivity contribution in [3.63, 3.8) is 0 Å². The van der Waals surface area contributed by atoms with E-state index in [1.807, 2.05) is 0 Å². The number of nitrogens with two attached hydrogens (primary N) is 1. The average molecular weight is 400 g/mol. The smallest absolute Gasteiger partial charge is 0.343 e. The van der Waals surface area contributed by atoms with Gasteiger partial charge in [-0.25, -0.2) is 0 Å². The second-order valence-corrected chi connectivity index (χ2v) is 7.91. The van der Waals surface area contributed by atoms with Crippen LogP contribution in [0, 0.1) is 0 Å². The van der Waals surface area contributed by atoms with Crippen molar-refractivity contribution >= 4 is 31.0 Å². The number of benzene rings is 1. The standard InChI is InChI=1S/C16H25N4O6P/c1-10(18-14(21)9-17)15(22)19-11(2)16(23)20(12(3)27(24,25)26)13-7-5-4-6-8-13/h4-8,10-12H,9,17H2,1-3H3,(H,18,21)(H,19,22)(H2,24,25,26)/t10-,11-,12+/m0/s1. The van der Waals surface area contributed by atoms with Gasteiger partial charge in [0, 0.05) is 5.69 Å². The molecule has 1 aromatic rings. The van der Waals surface area contributed by atoms with Crippen molar-refractivity contribution in [1.29, 1.82) is 0 Å². The predicted molar refractivity (Wildman–Crippen MR) is 99.7 cm³/mol. The maximum atomic E-state index is 12.8. The molecule has 0 heterocycles. The van der Waals surface area contributed by atoms with Crippen LogP contribution in [0.5, 0.6) is 0 Å². The number of amides is 3. The van der Waals surface area contributed by atoms with Gasteiger partial charge in [0.25, 0.3) is 0 Å². The number of para-hydroxylation sites is 1. The molecular formula is C16H25N4O6P. The molecule has 0 aliphatic heterocycles. The molecule has 0 aromatic heterocycles. The Hall–Kier alpha value is -2.26. The summed E-state index contributed by atoms with van der Waals surface area (Å²) in [5, 5.41) is 4.78. The van der Waals surface area contributed by atoms with Gasteiger partial charge in [-0.15, -0.1) is 0 Å². The highest BCUT2D eigenvalue weighted by Gasteiger charge is 2.36. The molecule has 1 aromatic carbocycles. The van der Waals surface area contributed by atoms with Gasteiger partial charge in [-0.2, -0.15) is 0 Å². The normalized spacial score (nSPS) is 14.6. The molecule has 150 valence electrons. The Morgan fingerprint density at radius 3 is 2.11 bits per heavy atom. The minimum atomic E-state index is -4.63. The lowest BCUT2D eigenvalue weighted by Crippen LogP contribution is -2.54. The number of rotatable bonds is 8. The van der Waals surface area contributed by atoms with E-state index in [-0.39, 0.29) is 12.2 Å². The molecule has 0 saturated heterocycles. The number of carbonyl (C=O) groups excluding carboxylic acids is 3. The lowest BCUT2D eigenvalue weighted by atomic mass is 10.2. The third kappa shape index (κ3) is 6.44. The highest BCUT2D eigenvalue weighted by molar-refractivity contribution is 7.52. The van der Waals surface area contributed by atoms with E-state index in [1.54, 1.807) is 18.2 Å². The molecule has 6 N–H and O–H groups in total.